The van der Waals surface area contributed by atoms with Gasteiger partial charge in [-0.25, -0.2) is 0 Å². The average Bonchev–Trinajstić information content (AvgIpc) is 2.63. The van der Waals surface area contributed by atoms with Crippen LogP contribution < -0.4 is 10.2 Å². The van der Waals surface area contributed by atoms with E-state index in [1.165, 1.54) is 0 Å². The number of rotatable bonds is 7. The van der Waals surface area contributed by atoms with Crippen LogP contribution in [0.25, 0.3) is 0 Å². The second-order valence-corrected chi connectivity index (χ2v) is 6.26. The number of amides is 2. The number of halogens is 1. The predicted octanol–water partition coefficient (Wildman–Crippen LogP) is 4.11. The Morgan fingerprint density at radius 1 is 1.04 bits per heavy atom. The number of nitrogens with zero attached hydrogens (tertiary/aromatic N) is 2. The maximum atomic E-state index is 12.5. The van der Waals surface area contributed by atoms with Crippen LogP contribution in [0.1, 0.15) is 19.3 Å². The fourth-order valence-corrected chi connectivity index (χ4v) is 2.54. The summed E-state index contributed by atoms with van der Waals surface area (Å²) in [5.41, 5.74) is 1.42. The van der Waals surface area contributed by atoms with Gasteiger partial charge in [0.25, 0.3) is 0 Å². The number of anilines is 2. The van der Waals surface area contributed by atoms with Crippen LogP contribution in [0.5, 0.6) is 0 Å². The van der Waals surface area contributed by atoms with Crippen LogP contribution in [-0.2, 0) is 9.59 Å². The molecule has 0 radical (unpaired) electrons. The molecule has 0 aliphatic heterocycles. The predicted molar refractivity (Wildman–Crippen MR) is 101 cm³/mol. The van der Waals surface area contributed by atoms with E-state index in [1.54, 1.807) is 17.0 Å². The number of carbonyl (C=O) groups excluding carboxylic acids is 2. The Balaban J connectivity index is 1.92. The highest BCUT2D eigenvalue weighted by atomic mass is 79.9. The molecule has 0 spiro atoms. The second-order valence-electron chi connectivity index (χ2n) is 5.34. The highest BCUT2D eigenvalue weighted by molar-refractivity contribution is 9.10. The third kappa shape index (κ3) is 6.05. The molecule has 6 heteroatoms. The molecule has 0 atom stereocenters. The molecule has 0 aliphatic carbocycles. The van der Waals surface area contributed by atoms with Crippen LogP contribution in [0.4, 0.5) is 11.4 Å². The molecular weight excluding hydrogens is 382 g/mol. The number of carbonyl (C=O) groups is 2. The quantitative estimate of drug-likeness (QED) is 0.760. The Morgan fingerprint density at radius 3 is 2.36 bits per heavy atom. The van der Waals surface area contributed by atoms with Crippen LogP contribution in [0.15, 0.2) is 59.1 Å². The molecule has 2 amide bonds. The molecule has 2 aromatic carbocycles. The van der Waals surface area contributed by atoms with Crippen LogP contribution in [0.3, 0.4) is 0 Å². The first-order valence-electron chi connectivity index (χ1n) is 7.88. The molecule has 2 aromatic rings. The molecule has 0 aromatic heterocycles. The molecular formula is C19H18BrN3O2. The van der Waals surface area contributed by atoms with Crippen molar-refractivity contribution in [3.63, 3.8) is 0 Å². The zero-order valence-electron chi connectivity index (χ0n) is 13.6. The van der Waals surface area contributed by atoms with Gasteiger partial charge in [0.05, 0.1) is 12.5 Å². The van der Waals surface area contributed by atoms with Gasteiger partial charge in [0.2, 0.25) is 11.8 Å². The lowest BCUT2D eigenvalue weighted by Gasteiger charge is -2.21. The highest BCUT2D eigenvalue weighted by Gasteiger charge is 2.16. The smallest absolute Gasteiger partial charge is 0.227 e. The molecule has 0 saturated carbocycles. The highest BCUT2D eigenvalue weighted by Crippen LogP contribution is 2.17. The van der Waals surface area contributed by atoms with E-state index in [0.717, 1.165) is 10.2 Å². The Morgan fingerprint density at radius 2 is 1.72 bits per heavy atom. The van der Waals surface area contributed by atoms with Gasteiger partial charge in [-0.3, -0.25) is 9.59 Å². The van der Waals surface area contributed by atoms with Crippen LogP contribution in [0, 0.1) is 11.3 Å². The van der Waals surface area contributed by atoms with Gasteiger partial charge < -0.3 is 10.2 Å². The molecule has 0 saturated heterocycles. The van der Waals surface area contributed by atoms with Gasteiger partial charge in [-0.05, 0) is 36.4 Å². The molecule has 1 N–H and O–H groups in total. The van der Waals surface area contributed by atoms with E-state index in [9.17, 15) is 9.59 Å². The van der Waals surface area contributed by atoms with Crippen LogP contribution in [-0.4, -0.2) is 18.4 Å². The summed E-state index contributed by atoms with van der Waals surface area (Å²) in [6.45, 7) is 0.313. The lowest BCUT2D eigenvalue weighted by Crippen LogP contribution is -2.32. The topological polar surface area (TPSA) is 73.2 Å². The van der Waals surface area contributed by atoms with Gasteiger partial charge in [-0.1, -0.05) is 34.1 Å². The molecule has 0 bridgehead atoms. The van der Waals surface area contributed by atoms with Gasteiger partial charge in [0, 0.05) is 35.2 Å². The summed E-state index contributed by atoms with van der Waals surface area (Å²) in [5, 5.41) is 11.6. The zero-order chi connectivity index (χ0) is 18.1. The molecule has 0 heterocycles. The lowest BCUT2D eigenvalue weighted by atomic mass is 10.2. The molecule has 5 nitrogen and oxygen atoms in total. The minimum absolute atomic E-state index is 0.0860. The summed E-state index contributed by atoms with van der Waals surface area (Å²) in [6.07, 6.45) is 0.416. The van der Waals surface area contributed by atoms with Crippen molar-refractivity contribution in [3.8, 4) is 6.07 Å². The van der Waals surface area contributed by atoms with E-state index in [2.05, 4.69) is 21.2 Å². The average molecular weight is 400 g/mol. The fourth-order valence-electron chi connectivity index (χ4n) is 2.28. The van der Waals surface area contributed by atoms with Gasteiger partial charge >= 0.3 is 0 Å². The van der Waals surface area contributed by atoms with Crippen LogP contribution in [0.2, 0.25) is 0 Å². The number of nitrogens with one attached hydrogen (secondary N) is 1. The minimum Gasteiger partial charge on any atom is -0.326 e. The van der Waals surface area contributed by atoms with Crippen molar-refractivity contribution >= 4 is 39.1 Å². The van der Waals surface area contributed by atoms with Gasteiger partial charge in [-0.2, -0.15) is 5.26 Å². The first-order chi connectivity index (χ1) is 12.1. The largest absolute Gasteiger partial charge is 0.326 e. The van der Waals surface area contributed by atoms with Crippen LogP contribution >= 0.6 is 15.9 Å². The van der Waals surface area contributed by atoms with Gasteiger partial charge in [-0.15, -0.1) is 0 Å². The van der Waals surface area contributed by atoms with Crippen molar-refractivity contribution in [1.29, 1.82) is 5.26 Å². The van der Waals surface area contributed by atoms with Crippen molar-refractivity contribution in [3.05, 3.63) is 59.1 Å². The molecule has 0 fully saturated rings. The number of hydrogen-bond donors (Lipinski definition) is 1. The number of para-hydroxylation sites is 1. The monoisotopic (exact) mass is 399 g/mol. The first-order valence-corrected chi connectivity index (χ1v) is 8.67. The molecule has 25 heavy (non-hydrogen) atoms. The van der Waals surface area contributed by atoms with Crippen molar-refractivity contribution in [2.24, 2.45) is 0 Å². The van der Waals surface area contributed by atoms with Crippen molar-refractivity contribution in [2.75, 3.05) is 16.8 Å². The van der Waals surface area contributed by atoms with Gasteiger partial charge in [0.15, 0.2) is 0 Å². The third-order valence-corrected chi connectivity index (χ3v) is 4.04. The van der Waals surface area contributed by atoms with E-state index < -0.39 is 0 Å². The molecule has 128 valence electrons. The van der Waals surface area contributed by atoms with E-state index in [-0.39, 0.29) is 31.1 Å². The first kappa shape index (κ1) is 18.7. The number of hydrogen-bond acceptors (Lipinski definition) is 3. The normalized spacial score (nSPS) is 9.92. The summed E-state index contributed by atoms with van der Waals surface area (Å²) in [4.78, 5) is 26.1. The molecule has 0 unspecified atom stereocenters. The maximum absolute atomic E-state index is 12.5. The lowest BCUT2D eigenvalue weighted by molar-refractivity contribution is -0.122. The summed E-state index contributed by atoms with van der Waals surface area (Å²) >= 11 is 3.33. The Hall–Kier alpha value is -2.65. The Kier molecular flexibility index (Phi) is 7.17. The fraction of sp³-hybridized carbons (Fsp3) is 0.211. The summed E-state index contributed by atoms with van der Waals surface area (Å²) in [7, 11) is 0. The van der Waals surface area contributed by atoms with Gasteiger partial charge in [0.1, 0.15) is 0 Å². The molecule has 0 aliphatic rings. The van der Waals surface area contributed by atoms with Crippen molar-refractivity contribution in [2.45, 2.75) is 19.3 Å². The summed E-state index contributed by atoms with van der Waals surface area (Å²) in [5.74, 6) is -0.392. The second kappa shape index (κ2) is 9.60. The number of nitriles is 1. The van der Waals surface area contributed by atoms with Crippen molar-refractivity contribution in [1.82, 2.24) is 0 Å². The summed E-state index contributed by atoms with van der Waals surface area (Å²) < 4.78 is 0.927. The SMILES string of the molecule is N#CCCN(C(=O)CCC(=O)Nc1ccc(Br)cc1)c1ccccc1. The molecule has 2 rings (SSSR count). The Labute approximate surface area is 155 Å². The van der Waals surface area contributed by atoms with E-state index in [4.69, 9.17) is 5.26 Å². The van der Waals surface area contributed by atoms with Crippen molar-refractivity contribution < 1.29 is 9.59 Å². The summed E-state index contributed by atoms with van der Waals surface area (Å²) in [6, 6.07) is 18.5. The van der Waals surface area contributed by atoms with E-state index >= 15 is 0 Å². The third-order valence-electron chi connectivity index (χ3n) is 3.51. The van der Waals surface area contributed by atoms with E-state index in [1.807, 2.05) is 48.5 Å². The maximum Gasteiger partial charge on any atom is 0.227 e. The van der Waals surface area contributed by atoms with E-state index in [0.29, 0.717) is 12.2 Å². The zero-order valence-corrected chi connectivity index (χ0v) is 15.2. The Bertz CT molecular complexity index is 754. The standard InChI is InChI=1S/C19H18BrN3O2/c20-15-7-9-16(10-8-15)22-18(24)11-12-19(25)23(14-4-13-21)17-5-2-1-3-6-17/h1-3,5-10H,4,11-12,14H2,(H,22,24). The number of benzene rings is 2. The minimum atomic E-state index is -0.219.